The van der Waals surface area contributed by atoms with Gasteiger partial charge in [0.1, 0.15) is 0 Å². The number of amides is 1. The molecule has 1 aliphatic carbocycles. The second-order valence-electron chi connectivity index (χ2n) is 6.70. The molecular weight excluding hydrogens is 252 g/mol. The number of methoxy groups -OCH3 is 1. The van der Waals surface area contributed by atoms with Crippen LogP contribution in [0.3, 0.4) is 0 Å². The largest absolute Gasteiger partial charge is 0.384 e. The molecule has 20 heavy (non-hydrogen) atoms. The van der Waals surface area contributed by atoms with Gasteiger partial charge in [0.25, 0.3) is 0 Å². The summed E-state index contributed by atoms with van der Waals surface area (Å²) in [6, 6.07) is 0.0681. The molecule has 0 unspecified atom stereocenters. The smallest absolute Gasteiger partial charge is 0.237 e. The Balaban J connectivity index is 1.86. The number of carbonyl (C=O) groups excluding carboxylic acids is 1. The summed E-state index contributed by atoms with van der Waals surface area (Å²) in [4.78, 5) is 14.7. The minimum atomic E-state index is 0.0681. The van der Waals surface area contributed by atoms with Gasteiger partial charge in [-0.3, -0.25) is 9.69 Å². The zero-order valence-electron chi connectivity index (χ0n) is 13.1. The van der Waals surface area contributed by atoms with Crippen molar-refractivity contribution in [2.45, 2.75) is 57.4 Å². The quantitative estimate of drug-likeness (QED) is 0.840. The molecule has 0 radical (unpaired) electrons. The van der Waals surface area contributed by atoms with Crippen molar-refractivity contribution in [3.63, 3.8) is 0 Å². The number of likely N-dealkylation sites (N-methyl/N-ethyl adjacent to an activating group) is 1. The maximum Gasteiger partial charge on any atom is 0.237 e. The predicted octanol–water partition coefficient (Wildman–Crippen LogP) is 2.18. The van der Waals surface area contributed by atoms with Crippen LogP contribution in [-0.4, -0.2) is 50.7 Å². The number of hydrogen-bond acceptors (Lipinski definition) is 3. The maximum atomic E-state index is 12.5. The summed E-state index contributed by atoms with van der Waals surface area (Å²) < 4.78 is 5.39. The Hall–Kier alpha value is -0.610. The molecule has 4 heteroatoms. The summed E-state index contributed by atoms with van der Waals surface area (Å²) in [5.41, 5.74) is 0.188. The molecule has 0 aromatic heterocycles. The number of nitrogens with one attached hydrogen (secondary N) is 1. The van der Waals surface area contributed by atoms with Crippen LogP contribution in [0.25, 0.3) is 0 Å². The first-order valence-corrected chi connectivity index (χ1v) is 8.14. The van der Waals surface area contributed by atoms with Crippen LogP contribution >= 0.6 is 0 Å². The SMILES string of the molecule is COCC1(CNC(=O)[C@H]2CCCCCN2C)CCCC1. The lowest BCUT2D eigenvalue weighted by Crippen LogP contribution is -2.48. The fourth-order valence-electron chi connectivity index (χ4n) is 3.78. The van der Waals surface area contributed by atoms with Crippen molar-refractivity contribution < 1.29 is 9.53 Å². The van der Waals surface area contributed by atoms with E-state index in [1.165, 1.54) is 44.9 Å². The molecule has 2 aliphatic rings. The average molecular weight is 282 g/mol. The van der Waals surface area contributed by atoms with Gasteiger partial charge in [0, 0.05) is 19.1 Å². The highest BCUT2D eigenvalue weighted by molar-refractivity contribution is 5.81. The third-order valence-electron chi connectivity index (χ3n) is 5.08. The van der Waals surface area contributed by atoms with Gasteiger partial charge in [0.15, 0.2) is 0 Å². The van der Waals surface area contributed by atoms with Gasteiger partial charge in [-0.05, 0) is 39.3 Å². The first kappa shape index (κ1) is 15.8. The van der Waals surface area contributed by atoms with E-state index in [2.05, 4.69) is 17.3 Å². The molecule has 2 rings (SSSR count). The molecule has 0 bridgehead atoms. The van der Waals surface area contributed by atoms with Crippen LogP contribution in [0.2, 0.25) is 0 Å². The Bertz CT molecular complexity index is 314. The van der Waals surface area contributed by atoms with Crippen LogP contribution in [0.1, 0.15) is 51.4 Å². The Kier molecular flexibility index (Phi) is 5.85. The van der Waals surface area contributed by atoms with Crippen molar-refractivity contribution in [2.75, 3.05) is 33.9 Å². The summed E-state index contributed by atoms with van der Waals surface area (Å²) in [5, 5.41) is 3.22. The van der Waals surface area contributed by atoms with Gasteiger partial charge in [0.2, 0.25) is 5.91 Å². The van der Waals surface area contributed by atoms with Gasteiger partial charge < -0.3 is 10.1 Å². The lowest BCUT2D eigenvalue weighted by molar-refractivity contribution is -0.126. The number of likely N-dealkylation sites (tertiary alicyclic amines) is 1. The van der Waals surface area contributed by atoms with E-state index in [0.717, 1.165) is 26.1 Å². The number of ether oxygens (including phenoxy) is 1. The van der Waals surface area contributed by atoms with Crippen molar-refractivity contribution in [1.29, 1.82) is 0 Å². The van der Waals surface area contributed by atoms with E-state index in [1.807, 2.05) is 0 Å². The summed E-state index contributed by atoms with van der Waals surface area (Å²) in [7, 11) is 3.84. The summed E-state index contributed by atoms with van der Waals surface area (Å²) in [6.07, 6.45) is 9.54. The van der Waals surface area contributed by atoms with Crippen molar-refractivity contribution in [3.8, 4) is 0 Å². The van der Waals surface area contributed by atoms with E-state index in [0.29, 0.717) is 0 Å². The highest BCUT2D eigenvalue weighted by atomic mass is 16.5. The molecule has 116 valence electrons. The van der Waals surface area contributed by atoms with E-state index >= 15 is 0 Å². The van der Waals surface area contributed by atoms with Crippen LogP contribution < -0.4 is 5.32 Å². The van der Waals surface area contributed by atoms with E-state index in [1.54, 1.807) is 7.11 Å². The van der Waals surface area contributed by atoms with Gasteiger partial charge in [-0.25, -0.2) is 0 Å². The minimum Gasteiger partial charge on any atom is -0.384 e. The molecule has 0 aromatic rings. The normalized spacial score (nSPS) is 27.2. The topological polar surface area (TPSA) is 41.6 Å². The molecule has 2 fully saturated rings. The highest BCUT2D eigenvalue weighted by Crippen LogP contribution is 2.37. The Morgan fingerprint density at radius 2 is 2.00 bits per heavy atom. The molecular formula is C16H30N2O2. The monoisotopic (exact) mass is 282 g/mol. The Morgan fingerprint density at radius 1 is 1.25 bits per heavy atom. The summed E-state index contributed by atoms with van der Waals surface area (Å²) in [6.45, 7) is 2.60. The Morgan fingerprint density at radius 3 is 2.70 bits per heavy atom. The van der Waals surface area contributed by atoms with E-state index in [9.17, 15) is 4.79 Å². The van der Waals surface area contributed by atoms with Gasteiger partial charge >= 0.3 is 0 Å². The molecule has 1 atom stereocenters. The first-order valence-electron chi connectivity index (χ1n) is 8.14. The van der Waals surface area contributed by atoms with Crippen molar-refractivity contribution >= 4 is 5.91 Å². The predicted molar refractivity (Wildman–Crippen MR) is 80.7 cm³/mol. The number of hydrogen-bond donors (Lipinski definition) is 1. The van der Waals surface area contributed by atoms with Crippen LogP contribution in [-0.2, 0) is 9.53 Å². The van der Waals surface area contributed by atoms with E-state index in [-0.39, 0.29) is 17.4 Å². The van der Waals surface area contributed by atoms with Gasteiger partial charge in [-0.1, -0.05) is 25.7 Å². The zero-order valence-corrected chi connectivity index (χ0v) is 13.1. The third-order valence-corrected chi connectivity index (χ3v) is 5.08. The Labute approximate surface area is 123 Å². The second-order valence-corrected chi connectivity index (χ2v) is 6.70. The lowest BCUT2D eigenvalue weighted by atomic mass is 9.87. The van der Waals surface area contributed by atoms with Crippen LogP contribution in [0.4, 0.5) is 0 Å². The molecule has 1 aliphatic heterocycles. The van der Waals surface area contributed by atoms with Crippen LogP contribution in [0.5, 0.6) is 0 Å². The van der Waals surface area contributed by atoms with Crippen molar-refractivity contribution in [2.24, 2.45) is 5.41 Å². The standard InChI is InChI=1S/C16H30N2O2/c1-18-11-7-3-4-8-14(18)15(19)17-12-16(13-20-2)9-5-6-10-16/h14H,3-13H2,1-2H3,(H,17,19)/t14-/m1/s1. The van der Waals surface area contributed by atoms with Crippen molar-refractivity contribution in [1.82, 2.24) is 10.2 Å². The third kappa shape index (κ3) is 3.95. The van der Waals surface area contributed by atoms with Gasteiger partial charge in [-0.2, -0.15) is 0 Å². The molecule has 1 saturated carbocycles. The first-order chi connectivity index (χ1) is 9.67. The molecule has 1 heterocycles. The van der Waals surface area contributed by atoms with Crippen LogP contribution in [0.15, 0.2) is 0 Å². The average Bonchev–Trinajstić information content (AvgIpc) is 2.78. The lowest BCUT2D eigenvalue weighted by Gasteiger charge is -2.31. The molecule has 1 N–H and O–H groups in total. The molecule has 1 saturated heterocycles. The van der Waals surface area contributed by atoms with E-state index in [4.69, 9.17) is 4.74 Å². The van der Waals surface area contributed by atoms with Crippen molar-refractivity contribution in [3.05, 3.63) is 0 Å². The molecule has 1 amide bonds. The molecule has 4 nitrogen and oxygen atoms in total. The number of rotatable bonds is 5. The van der Waals surface area contributed by atoms with Gasteiger partial charge in [0.05, 0.1) is 12.6 Å². The molecule has 0 aromatic carbocycles. The number of carbonyl (C=O) groups is 1. The maximum absolute atomic E-state index is 12.5. The minimum absolute atomic E-state index is 0.0681. The summed E-state index contributed by atoms with van der Waals surface area (Å²) >= 11 is 0. The highest BCUT2D eigenvalue weighted by Gasteiger charge is 2.35. The summed E-state index contributed by atoms with van der Waals surface area (Å²) in [5.74, 6) is 0.219. The fraction of sp³-hybridized carbons (Fsp3) is 0.938. The fourth-order valence-corrected chi connectivity index (χ4v) is 3.78. The van der Waals surface area contributed by atoms with Gasteiger partial charge in [-0.15, -0.1) is 0 Å². The zero-order chi connectivity index (χ0) is 14.4. The second kappa shape index (κ2) is 7.41. The van der Waals surface area contributed by atoms with Crippen LogP contribution in [0, 0.1) is 5.41 Å². The number of nitrogens with zero attached hydrogens (tertiary/aromatic N) is 1. The molecule has 0 spiro atoms. The van der Waals surface area contributed by atoms with E-state index < -0.39 is 0 Å².